The number of nitrogens with one attached hydrogen (secondary N) is 1. The summed E-state index contributed by atoms with van der Waals surface area (Å²) >= 11 is 8.92. The molecule has 0 saturated carbocycles. The second-order valence-corrected chi connectivity index (χ2v) is 5.24. The first-order valence-corrected chi connectivity index (χ1v) is 6.48. The second kappa shape index (κ2) is 5.49. The van der Waals surface area contributed by atoms with Crippen molar-refractivity contribution in [1.29, 1.82) is 0 Å². The Kier molecular flexibility index (Phi) is 4.10. The average molecular weight is 367 g/mol. The summed E-state index contributed by atoms with van der Waals surface area (Å²) in [7, 11) is 0. The molecule has 0 amide bonds. The smallest absolute Gasteiger partial charge is 0.397 e. The molecule has 0 bridgehead atoms. The summed E-state index contributed by atoms with van der Waals surface area (Å²) in [6.45, 7) is 0. The Hall–Kier alpha value is -1.47. The zero-order chi connectivity index (χ0) is 14.9. The van der Waals surface area contributed by atoms with Crippen molar-refractivity contribution < 1.29 is 13.2 Å². The van der Waals surface area contributed by atoms with Crippen LogP contribution in [-0.2, 0) is 6.18 Å². The molecule has 106 valence electrons. The van der Waals surface area contributed by atoms with Crippen LogP contribution >= 0.6 is 27.5 Å². The van der Waals surface area contributed by atoms with Gasteiger partial charge < -0.3 is 11.1 Å². The molecule has 0 saturated heterocycles. The van der Waals surface area contributed by atoms with Crippen molar-refractivity contribution in [2.75, 3.05) is 11.1 Å². The van der Waals surface area contributed by atoms with Crippen LogP contribution < -0.4 is 11.1 Å². The standard InChI is InChI=1S/C12H8BrClF3N3/c13-10-4-8(18)5-19-11(10)20-9-2-6(12(15,16)17)1-7(14)3-9/h1-5H,18H2,(H,19,20). The van der Waals surface area contributed by atoms with Crippen LogP contribution in [-0.4, -0.2) is 4.98 Å². The summed E-state index contributed by atoms with van der Waals surface area (Å²) in [5.41, 5.74) is 5.32. The summed E-state index contributed by atoms with van der Waals surface area (Å²) in [4.78, 5) is 3.99. The minimum Gasteiger partial charge on any atom is -0.397 e. The predicted molar refractivity (Wildman–Crippen MR) is 76.1 cm³/mol. The zero-order valence-corrected chi connectivity index (χ0v) is 12.1. The lowest BCUT2D eigenvalue weighted by Gasteiger charge is -2.12. The van der Waals surface area contributed by atoms with Gasteiger partial charge in [0, 0.05) is 10.7 Å². The lowest BCUT2D eigenvalue weighted by atomic mass is 10.2. The molecule has 1 heterocycles. The van der Waals surface area contributed by atoms with Gasteiger partial charge in [-0.2, -0.15) is 13.2 Å². The van der Waals surface area contributed by atoms with Gasteiger partial charge in [0.15, 0.2) is 0 Å². The number of halogens is 5. The highest BCUT2D eigenvalue weighted by Crippen LogP contribution is 2.34. The highest BCUT2D eigenvalue weighted by molar-refractivity contribution is 9.10. The van der Waals surface area contributed by atoms with Crippen LogP contribution in [0, 0.1) is 0 Å². The number of nitrogens with two attached hydrogens (primary N) is 1. The fourth-order valence-corrected chi connectivity index (χ4v) is 2.21. The molecule has 0 atom stereocenters. The molecule has 1 aromatic heterocycles. The van der Waals surface area contributed by atoms with Crippen LogP contribution in [0.15, 0.2) is 34.9 Å². The molecule has 8 heteroatoms. The minimum absolute atomic E-state index is 0.0195. The topological polar surface area (TPSA) is 50.9 Å². The Morgan fingerprint density at radius 2 is 1.90 bits per heavy atom. The number of benzene rings is 1. The number of hydrogen-bond donors (Lipinski definition) is 2. The lowest BCUT2D eigenvalue weighted by molar-refractivity contribution is -0.137. The van der Waals surface area contributed by atoms with Crippen molar-refractivity contribution >= 4 is 44.7 Å². The Bertz CT molecular complexity index is 646. The molecule has 0 unspecified atom stereocenters. The number of anilines is 3. The van der Waals surface area contributed by atoms with Gasteiger partial charge in [0.1, 0.15) is 5.82 Å². The SMILES string of the molecule is Nc1cnc(Nc2cc(Cl)cc(C(F)(F)F)c2)c(Br)c1. The molecule has 2 rings (SSSR count). The molecule has 0 fully saturated rings. The summed E-state index contributed by atoms with van der Waals surface area (Å²) in [6.07, 6.45) is -3.07. The van der Waals surface area contributed by atoms with E-state index in [-0.39, 0.29) is 10.7 Å². The third-order valence-corrected chi connectivity index (χ3v) is 3.17. The molecule has 0 radical (unpaired) electrons. The quantitative estimate of drug-likeness (QED) is 0.799. The first kappa shape index (κ1) is 14.9. The fraction of sp³-hybridized carbons (Fsp3) is 0.0833. The van der Waals surface area contributed by atoms with Gasteiger partial charge in [-0.1, -0.05) is 11.6 Å². The van der Waals surface area contributed by atoms with E-state index in [2.05, 4.69) is 26.2 Å². The van der Waals surface area contributed by atoms with Gasteiger partial charge in [-0.15, -0.1) is 0 Å². The highest BCUT2D eigenvalue weighted by Gasteiger charge is 2.31. The summed E-state index contributed by atoms with van der Waals surface area (Å²) in [5.74, 6) is 0.342. The third-order valence-electron chi connectivity index (χ3n) is 2.35. The number of nitrogens with zero attached hydrogens (tertiary/aromatic N) is 1. The Labute approximate surface area is 126 Å². The maximum absolute atomic E-state index is 12.7. The Morgan fingerprint density at radius 3 is 2.50 bits per heavy atom. The molecule has 3 nitrogen and oxygen atoms in total. The second-order valence-electron chi connectivity index (χ2n) is 3.95. The third kappa shape index (κ3) is 3.55. The maximum Gasteiger partial charge on any atom is 0.416 e. The molecular formula is C12H8BrClF3N3. The number of pyridine rings is 1. The lowest BCUT2D eigenvalue weighted by Crippen LogP contribution is -2.06. The largest absolute Gasteiger partial charge is 0.416 e. The first-order chi connectivity index (χ1) is 9.25. The van der Waals surface area contributed by atoms with Crippen molar-refractivity contribution in [3.63, 3.8) is 0 Å². The number of alkyl halides is 3. The number of nitrogen functional groups attached to an aromatic ring is 1. The van der Waals surface area contributed by atoms with Crippen LogP contribution in [0.3, 0.4) is 0 Å². The Balaban J connectivity index is 2.36. The van der Waals surface area contributed by atoms with Crippen LogP contribution in [0.25, 0.3) is 0 Å². The van der Waals surface area contributed by atoms with Gasteiger partial charge in [0.2, 0.25) is 0 Å². The average Bonchev–Trinajstić information content (AvgIpc) is 2.31. The van der Waals surface area contributed by atoms with Gasteiger partial charge >= 0.3 is 6.18 Å². The molecule has 2 aromatic rings. The van der Waals surface area contributed by atoms with Gasteiger partial charge in [0.25, 0.3) is 0 Å². The summed E-state index contributed by atoms with van der Waals surface area (Å²) in [6, 6.07) is 4.78. The van der Waals surface area contributed by atoms with E-state index >= 15 is 0 Å². The molecule has 1 aromatic carbocycles. The fourth-order valence-electron chi connectivity index (χ4n) is 1.51. The van der Waals surface area contributed by atoms with Crippen molar-refractivity contribution in [2.45, 2.75) is 6.18 Å². The van der Waals surface area contributed by atoms with E-state index in [0.717, 1.165) is 12.1 Å². The van der Waals surface area contributed by atoms with Crippen LogP contribution in [0.4, 0.5) is 30.4 Å². The van der Waals surface area contributed by atoms with Crippen molar-refractivity contribution in [3.05, 3.63) is 45.5 Å². The van der Waals surface area contributed by atoms with E-state index in [4.69, 9.17) is 17.3 Å². The molecule has 3 N–H and O–H groups in total. The Morgan fingerprint density at radius 1 is 1.20 bits per heavy atom. The van der Waals surface area contributed by atoms with Crippen LogP contribution in [0.5, 0.6) is 0 Å². The molecule has 20 heavy (non-hydrogen) atoms. The van der Waals surface area contributed by atoms with E-state index < -0.39 is 11.7 Å². The zero-order valence-electron chi connectivity index (χ0n) is 9.80. The monoisotopic (exact) mass is 365 g/mol. The predicted octanol–water partition coefficient (Wildman–Crippen LogP) is 4.84. The maximum atomic E-state index is 12.7. The van der Waals surface area contributed by atoms with Gasteiger partial charge in [-0.3, -0.25) is 0 Å². The summed E-state index contributed by atoms with van der Waals surface area (Å²) < 4.78 is 38.6. The molecule has 0 spiro atoms. The van der Waals surface area contributed by atoms with Crippen molar-refractivity contribution in [3.8, 4) is 0 Å². The molecule has 0 aliphatic heterocycles. The molecular weight excluding hydrogens is 359 g/mol. The van der Waals surface area contributed by atoms with Gasteiger partial charge in [-0.25, -0.2) is 4.98 Å². The van der Waals surface area contributed by atoms with E-state index in [9.17, 15) is 13.2 Å². The van der Waals surface area contributed by atoms with Crippen molar-refractivity contribution in [2.24, 2.45) is 0 Å². The van der Waals surface area contributed by atoms with Gasteiger partial charge in [0.05, 0.1) is 21.9 Å². The van der Waals surface area contributed by atoms with Crippen LogP contribution in [0.2, 0.25) is 5.02 Å². The van der Waals surface area contributed by atoms with Crippen LogP contribution in [0.1, 0.15) is 5.56 Å². The van der Waals surface area contributed by atoms with E-state index in [1.807, 2.05) is 0 Å². The molecule has 0 aliphatic rings. The number of aromatic nitrogens is 1. The highest BCUT2D eigenvalue weighted by atomic mass is 79.9. The normalized spacial score (nSPS) is 11.4. The number of rotatable bonds is 2. The summed E-state index contributed by atoms with van der Waals surface area (Å²) in [5, 5.41) is 2.74. The van der Waals surface area contributed by atoms with E-state index in [1.165, 1.54) is 12.3 Å². The molecule has 0 aliphatic carbocycles. The minimum atomic E-state index is -4.47. The van der Waals surface area contributed by atoms with E-state index in [0.29, 0.717) is 16.0 Å². The van der Waals surface area contributed by atoms with Gasteiger partial charge in [-0.05, 0) is 40.2 Å². The number of hydrogen-bond acceptors (Lipinski definition) is 3. The van der Waals surface area contributed by atoms with Crippen molar-refractivity contribution in [1.82, 2.24) is 4.98 Å². The first-order valence-electron chi connectivity index (χ1n) is 5.31. The van der Waals surface area contributed by atoms with E-state index in [1.54, 1.807) is 6.07 Å².